The van der Waals surface area contributed by atoms with Gasteiger partial charge in [-0.25, -0.2) is 13.2 Å². The maximum Gasteiger partial charge on any atom is 0.252 e. The first-order chi connectivity index (χ1) is 15.1. The van der Waals surface area contributed by atoms with Gasteiger partial charge in [0, 0.05) is 32.4 Å². The SMILES string of the molecule is Cl.O=C(NCC12CC3(F)CC(F)(CC(F)(C3)C1)C2)c1cc(CCCNCCCO)ccc1Cl. The van der Waals surface area contributed by atoms with Crippen molar-refractivity contribution >= 4 is 29.9 Å². The van der Waals surface area contributed by atoms with Crippen LogP contribution in [0.25, 0.3) is 0 Å². The molecule has 0 unspecified atom stereocenters. The number of benzene rings is 1. The second kappa shape index (κ2) is 9.92. The molecular formula is C24H33Cl2F3N2O2. The molecule has 0 heterocycles. The van der Waals surface area contributed by atoms with Crippen molar-refractivity contribution in [1.29, 1.82) is 0 Å². The summed E-state index contributed by atoms with van der Waals surface area (Å²) < 4.78 is 45.5. The highest BCUT2D eigenvalue weighted by molar-refractivity contribution is 6.33. The van der Waals surface area contributed by atoms with Crippen LogP contribution in [0.5, 0.6) is 0 Å². The van der Waals surface area contributed by atoms with Crippen molar-refractivity contribution in [2.24, 2.45) is 5.41 Å². The zero-order chi connectivity index (χ0) is 23.0. The predicted molar refractivity (Wildman–Crippen MR) is 126 cm³/mol. The summed E-state index contributed by atoms with van der Waals surface area (Å²) in [7, 11) is 0. The lowest BCUT2D eigenvalue weighted by molar-refractivity contribution is -0.214. The number of aliphatic hydroxyl groups excluding tert-OH is 1. The second-order valence-electron chi connectivity index (χ2n) is 10.4. The monoisotopic (exact) mass is 508 g/mol. The summed E-state index contributed by atoms with van der Waals surface area (Å²) in [5.41, 5.74) is -5.09. The van der Waals surface area contributed by atoms with E-state index in [2.05, 4.69) is 10.6 Å². The van der Waals surface area contributed by atoms with E-state index in [0.29, 0.717) is 17.0 Å². The summed E-state index contributed by atoms with van der Waals surface area (Å²) in [6.45, 7) is 1.76. The highest BCUT2D eigenvalue weighted by Crippen LogP contribution is 2.67. The van der Waals surface area contributed by atoms with Crippen molar-refractivity contribution in [2.75, 3.05) is 26.2 Å². The Hall–Kier alpha value is -1.02. The molecule has 33 heavy (non-hydrogen) atoms. The Balaban J connectivity index is 0.00000306. The van der Waals surface area contributed by atoms with Crippen molar-refractivity contribution < 1.29 is 23.1 Å². The molecule has 1 amide bonds. The number of alkyl halides is 3. The van der Waals surface area contributed by atoms with Crippen LogP contribution in [-0.2, 0) is 6.42 Å². The van der Waals surface area contributed by atoms with Gasteiger partial charge in [0.2, 0.25) is 0 Å². The summed E-state index contributed by atoms with van der Waals surface area (Å²) in [5.74, 6) is -0.401. The number of carbonyl (C=O) groups excluding carboxylic acids is 1. The van der Waals surface area contributed by atoms with Gasteiger partial charge >= 0.3 is 0 Å². The Morgan fingerprint density at radius 3 is 2.12 bits per heavy atom. The first-order valence-corrected chi connectivity index (χ1v) is 11.9. The van der Waals surface area contributed by atoms with Gasteiger partial charge in [0.1, 0.15) is 17.0 Å². The number of rotatable bonds is 10. The molecule has 4 saturated carbocycles. The van der Waals surface area contributed by atoms with E-state index in [0.717, 1.165) is 31.5 Å². The second-order valence-corrected chi connectivity index (χ2v) is 10.8. The fourth-order valence-electron chi connectivity index (χ4n) is 6.67. The zero-order valence-electron chi connectivity index (χ0n) is 18.7. The third-order valence-electron chi connectivity index (χ3n) is 7.21. The zero-order valence-corrected chi connectivity index (χ0v) is 20.3. The average Bonchev–Trinajstić information content (AvgIpc) is 2.66. The normalized spacial score (nSPS) is 34.2. The number of nitrogens with one attached hydrogen (secondary N) is 2. The number of aryl methyl sites for hydroxylation is 1. The molecule has 0 aromatic heterocycles. The van der Waals surface area contributed by atoms with Crippen molar-refractivity contribution in [1.82, 2.24) is 10.6 Å². The minimum atomic E-state index is -1.83. The minimum Gasteiger partial charge on any atom is -0.396 e. The number of aliphatic hydroxyl groups is 1. The Kier molecular flexibility index (Phi) is 7.99. The standard InChI is InChI=1S/C24H32ClF3N2O2.ClH/c25-19-5-4-17(3-1-6-29-7-2-8-31)9-18(19)20(32)30-16-21-10-22(26)13-23(27,11-21)15-24(28,12-21)14-22;/h4-5,9,29,31H,1-3,6-8,10-16H2,(H,30,32);1H. The molecule has 0 saturated heterocycles. The van der Waals surface area contributed by atoms with Crippen molar-refractivity contribution in [3.8, 4) is 0 Å². The lowest BCUT2D eigenvalue weighted by Crippen LogP contribution is -2.67. The quantitative estimate of drug-likeness (QED) is 0.394. The van der Waals surface area contributed by atoms with Crippen LogP contribution >= 0.6 is 24.0 Å². The fourth-order valence-corrected chi connectivity index (χ4v) is 6.87. The molecule has 4 fully saturated rings. The Labute approximate surface area is 204 Å². The van der Waals surface area contributed by atoms with Gasteiger partial charge in [-0.05, 0) is 74.7 Å². The van der Waals surface area contributed by atoms with Gasteiger partial charge in [-0.2, -0.15) is 0 Å². The van der Waals surface area contributed by atoms with E-state index >= 15 is 13.2 Å². The highest BCUT2D eigenvalue weighted by Gasteiger charge is 2.70. The smallest absolute Gasteiger partial charge is 0.252 e. The average molecular weight is 509 g/mol. The van der Waals surface area contributed by atoms with Crippen molar-refractivity contribution in [3.63, 3.8) is 0 Å². The van der Waals surface area contributed by atoms with Crippen LogP contribution in [0.1, 0.15) is 67.3 Å². The Bertz CT molecular complexity index is 819. The van der Waals surface area contributed by atoms with E-state index in [9.17, 15) is 4.79 Å². The molecule has 5 rings (SSSR count). The molecule has 0 radical (unpaired) electrons. The van der Waals surface area contributed by atoms with Crippen LogP contribution in [-0.4, -0.2) is 54.3 Å². The van der Waals surface area contributed by atoms with Crippen LogP contribution in [0.3, 0.4) is 0 Å². The van der Waals surface area contributed by atoms with Crippen LogP contribution in [0.2, 0.25) is 5.02 Å². The molecule has 4 aliphatic carbocycles. The van der Waals surface area contributed by atoms with E-state index in [1.54, 1.807) is 12.1 Å². The maximum atomic E-state index is 15.2. The number of hydrogen-bond donors (Lipinski definition) is 3. The summed E-state index contributed by atoms with van der Waals surface area (Å²) in [6, 6.07) is 5.30. The molecule has 3 N–H and O–H groups in total. The molecule has 0 aliphatic heterocycles. The Morgan fingerprint density at radius 2 is 1.55 bits per heavy atom. The molecule has 4 bridgehead atoms. The number of hydrogen-bond acceptors (Lipinski definition) is 3. The lowest BCUT2D eigenvalue weighted by atomic mass is 9.46. The maximum absolute atomic E-state index is 15.2. The first kappa shape index (κ1) is 26.6. The lowest BCUT2D eigenvalue weighted by Gasteiger charge is -2.63. The Morgan fingerprint density at radius 1 is 0.970 bits per heavy atom. The number of carbonyl (C=O) groups is 1. The summed E-state index contributed by atoms with van der Waals surface area (Å²) >= 11 is 6.25. The molecule has 9 heteroatoms. The van der Waals surface area contributed by atoms with E-state index in [1.807, 2.05) is 6.07 Å². The van der Waals surface area contributed by atoms with Crippen molar-refractivity contribution in [3.05, 3.63) is 34.3 Å². The summed E-state index contributed by atoms with van der Waals surface area (Å²) in [6.07, 6.45) is 1.92. The largest absolute Gasteiger partial charge is 0.396 e. The van der Waals surface area contributed by atoms with E-state index in [-0.39, 0.29) is 64.1 Å². The molecular weight excluding hydrogens is 476 g/mol. The summed E-state index contributed by atoms with van der Waals surface area (Å²) in [5, 5.41) is 15.1. The van der Waals surface area contributed by atoms with Gasteiger partial charge in [0.15, 0.2) is 0 Å². The van der Waals surface area contributed by atoms with Gasteiger partial charge in [0.05, 0.1) is 10.6 Å². The molecule has 1 aromatic rings. The van der Waals surface area contributed by atoms with Crippen LogP contribution in [0, 0.1) is 5.41 Å². The molecule has 1 aromatic carbocycles. The van der Waals surface area contributed by atoms with Gasteiger partial charge < -0.3 is 15.7 Å². The van der Waals surface area contributed by atoms with Crippen LogP contribution < -0.4 is 10.6 Å². The predicted octanol–water partition coefficient (Wildman–Crippen LogP) is 4.89. The van der Waals surface area contributed by atoms with Crippen molar-refractivity contribution in [2.45, 2.75) is 74.8 Å². The first-order valence-electron chi connectivity index (χ1n) is 11.5. The van der Waals surface area contributed by atoms with E-state index < -0.39 is 28.3 Å². The van der Waals surface area contributed by atoms with Gasteiger partial charge in [0.25, 0.3) is 5.91 Å². The third-order valence-corrected chi connectivity index (χ3v) is 7.54. The van der Waals surface area contributed by atoms with Gasteiger partial charge in [-0.3, -0.25) is 4.79 Å². The highest BCUT2D eigenvalue weighted by atomic mass is 35.5. The molecule has 4 nitrogen and oxygen atoms in total. The molecule has 186 valence electrons. The van der Waals surface area contributed by atoms with Crippen LogP contribution in [0.4, 0.5) is 13.2 Å². The fraction of sp³-hybridized carbons (Fsp3) is 0.708. The van der Waals surface area contributed by atoms with Gasteiger partial charge in [-0.15, -0.1) is 12.4 Å². The van der Waals surface area contributed by atoms with E-state index in [4.69, 9.17) is 16.7 Å². The molecule has 0 atom stereocenters. The topological polar surface area (TPSA) is 61.4 Å². The van der Waals surface area contributed by atoms with Crippen LogP contribution in [0.15, 0.2) is 18.2 Å². The molecule has 0 spiro atoms. The summed E-state index contributed by atoms with van der Waals surface area (Å²) in [4.78, 5) is 12.9. The molecule has 4 aliphatic rings. The third kappa shape index (κ3) is 5.98. The number of amides is 1. The number of halogens is 5. The van der Waals surface area contributed by atoms with Gasteiger partial charge in [-0.1, -0.05) is 17.7 Å². The van der Waals surface area contributed by atoms with E-state index in [1.165, 1.54) is 0 Å². The minimum absolute atomic E-state index is 0.